The molecule has 56 heavy (non-hydrogen) atoms. The van der Waals surface area contributed by atoms with Crippen LogP contribution in [0, 0.1) is 0 Å². The van der Waals surface area contributed by atoms with Gasteiger partial charge in [-0.1, -0.05) is 147 Å². The first-order valence-corrected chi connectivity index (χ1v) is 19.2. The van der Waals surface area contributed by atoms with Crippen LogP contribution >= 0.6 is 0 Å². The zero-order valence-corrected chi connectivity index (χ0v) is 31.1. The maximum atomic E-state index is 5.15. The standard InChI is InChI=1S/C52H36N4/c1-52(2)45-32-36(25-26-42(45)43-30-38-21-14-20-33-27-28-56(40-22-10-5-11-23-40)48(46(33)38)47(43)52)39-29-37-19-12-13-24-41(37)44(31-39)51-54-49(34-15-6-3-7-16-34)53-50(55-51)35-17-8-4-9-18-35/h3-32H,1-2H3. The lowest BCUT2D eigenvalue weighted by atomic mass is 9.79. The summed E-state index contributed by atoms with van der Waals surface area (Å²) < 4.78 is 0. The molecule has 0 saturated carbocycles. The van der Waals surface area contributed by atoms with Crippen LogP contribution in [0.25, 0.3) is 84.0 Å². The Balaban J connectivity index is 1.10. The topological polar surface area (TPSA) is 41.9 Å². The van der Waals surface area contributed by atoms with E-state index in [0.29, 0.717) is 17.5 Å². The number of rotatable bonds is 5. The Morgan fingerprint density at radius 3 is 1.84 bits per heavy atom. The Morgan fingerprint density at radius 2 is 1.11 bits per heavy atom. The fourth-order valence-corrected chi connectivity index (χ4v) is 8.92. The largest absolute Gasteiger partial charge is 0.316 e. The summed E-state index contributed by atoms with van der Waals surface area (Å²) in [6.45, 7) is 4.78. The molecule has 2 aliphatic rings. The Hall–Kier alpha value is -7.17. The van der Waals surface area contributed by atoms with Crippen LogP contribution in [0.2, 0.25) is 0 Å². The van der Waals surface area contributed by atoms with E-state index in [2.05, 4.69) is 164 Å². The Labute approximate surface area is 326 Å². The van der Waals surface area contributed by atoms with E-state index in [1.165, 1.54) is 44.3 Å². The van der Waals surface area contributed by atoms with Crippen molar-refractivity contribution in [1.29, 1.82) is 0 Å². The zero-order valence-electron chi connectivity index (χ0n) is 31.1. The number of hydrogen-bond donors (Lipinski definition) is 0. The minimum absolute atomic E-state index is 0.265. The number of para-hydroxylation sites is 1. The van der Waals surface area contributed by atoms with Crippen molar-refractivity contribution in [2.24, 2.45) is 0 Å². The third-order valence-corrected chi connectivity index (χ3v) is 11.6. The molecule has 0 atom stereocenters. The zero-order chi connectivity index (χ0) is 37.4. The van der Waals surface area contributed by atoms with Gasteiger partial charge in [0.1, 0.15) is 0 Å². The monoisotopic (exact) mass is 716 g/mol. The third kappa shape index (κ3) is 5.03. The molecule has 0 spiro atoms. The molecule has 0 bridgehead atoms. The summed E-state index contributed by atoms with van der Waals surface area (Å²) in [5, 5.41) is 4.81. The predicted octanol–water partition coefficient (Wildman–Crippen LogP) is 13.3. The number of fused-ring (bicyclic) bond motifs is 5. The lowest BCUT2D eigenvalue weighted by Gasteiger charge is -2.33. The Kier molecular flexibility index (Phi) is 7.17. The van der Waals surface area contributed by atoms with Crippen LogP contribution in [0.4, 0.5) is 11.4 Å². The fraction of sp³-hybridized carbons (Fsp3) is 0.0577. The molecule has 0 unspecified atom stereocenters. The minimum Gasteiger partial charge on any atom is -0.316 e. The fourth-order valence-electron chi connectivity index (χ4n) is 8.92. The van der Waals surface area contributed by atoms with E-state index in [9.17, 15) is 0 Å². The average molecular weight is 717 g/mol. The summed E-state index contributed by atoms with van der Waals surface area (Å²) >= 11 is 0. The van der Waals surface area contributed by atoms with Crippen molar-refractivity contribution in [2.75, 3.05) is 4.90 Å². The summed E-state index contributed by atoms with van der Waals surface area (Å²) in [5.74, 6) is 1.96. The van der Waals surface area contributed by atoms with Gasteiger partial charge in [0.25, 0.3) is 0 Å². The molecule has 11 rings (SSSR count). The van der Waals surface area contributed by atoms with E-state index in [0.717, 1.165) is 44.3 Å². The van der Waals surface area contributed by atoms with E-state index in [1.54, 1.807) is 0 Å². The number of benzene rings is 8. The van der Waals surface area contributed by atoms with E-state index in [4.69, 9.17) is 15.0 Å². The van der Waals surface area contributed by atoms with Crippen LogP contribution in [-0.4, -0.2) is 15.0 Å². The van der Waals surface area contributed by atoms with Crippen LogP contribution < -0.4 is 4.90 Å². The maximum absolute atomic E-state index is 5.15. The van der Waals surface area contributed by atoms with E-state index >= 15 is 0 Å². The first-order valence-electron chi connectivity index (χ1n) is 19.2. The Bertz CT molecular complexity index is 2980. The lowest BCUT2D eigenvalue weighted by Crippen LogP contribution is -2.22. The van der Waals surface area contributed by atoms with E-state index in [1.807, 2.05) is 36.4 Å². The quantitative estimate of drug-likeness (QED) is 0.178. The summed E-state index contributed by atoms with van der Waals surface area (Å²) in [4.78, 5) is 17.7. The lowest BCUT2D eigenvalue weighted by molar-refractivity contribution is 0.661. The number of nitrogens with zero attached hydrogens (tertiary/aromatic N) is 4. The van der Waals surface area contributed by atoms with Crippen molar-refractivity contribution in [3.05, 3.63) is 193 Å². The molecule has 264 valence electrons. The van der Waals surface area contributed by atoms with Crippen LogP contribution in [0.15, 0.2) is 176 Å². The molecule has 2 heterocycles. The van der Waals surface area contributed by atoms with Crippen molar-refractivity contribution in [3.8, 4) is 56.4 Å². The van der Waals surface area contributed by atoms with Gasteiger partial charge in [-0.2, -0.15) is 0 Å². The molecule has 1 aliphatic carbocycles. The first kappa shape index (κ1) is 32.3. The van der Waals surface area contributed by atoms with Crippen LogP contribution in [-0.2, 0) is 5.41 Å². The highest BCUT2D eigenvalue weighted by atomic mass is 15.1. The summed E-state index contributed by atoms with van der Waals surface area (Å²) in [6.07, 6.45) is 4.48. The highest BCUT2D eigenvalue weighted by Gasteiger charge is 2.40. The van der Waals surface area contributed by atoms with Gasteiger partial charge >= 0.3 is 0 Å². The maximum Gasteiger partial charge on any atom is 0.164 e. The highest BCUT2D eigenvalue weighted by Crippen LogP contribution is 2.57. The van der Waals surface area contributed by atoms with Crippen LogP contribution in [0.3, 0.4) is 0 Å². The molecule has 4 heteroatoms. The van der Waals surface area contributed by atoms with Gasteiger partial charge in [-0.15, -0.1) is 0 Å². The van der Waals surface area contributed by atoms with Gasteiger partial charge in [-0.05, 0) is 97.6 Å². The van der Waals surface area contributed by atoms with Gasteiger partial charge in [-0.25, -0.2) is 15.0 Å². The molecule has 1 aliphatic heterocycles. The minimum atomic E-state index is -0.265. The predicted molar refractivity (Wildman–Crippen MR) is 232 cm³/mol. The van der Waals surface area contributed by atoms with Crippen molar-refractivity contribution < 1.29 is 0 Å². The Morgan fingerprint density at radius 1 is 0.464 bits per heavy atom. The van der Waals surface area contributed by atoms with Gasteiger partial charge in [0.15, 0.2) is 17.5 Å². The second-order valence-electron chi connectivity index (χ2n) is 15.3. The van der Waals surface area contributed by atoms with Crippen molar-refractivity contribution >= 4 is 39.0 Å². The molecule has 0 fully saturated rings. The average Bonchev–Trinajstić information content (AvgIpc) is 3.49. The molecule has 8 aromatic carbocycles. The van der Waals surface area contributed by atoms with Gasteiger partial charge < -0.3 is 4.90 Å². The molecule has 4 nitrogen and oxygen atoms in total. The second kappa shape index (κ2) is 12.4. The van der Waals surface area contributed by atoms with Crippen LogP contribution in [0.1, 0.15) is 30.5 Å². The van der Waals surface area contributed by atoms with Crippen LogP contribution in [0.5, 0.6) is 0 Å². The summed E-state index contributed by atoms with van der Waals surface area (Å²) in [5.41, 5.74) is 13.9. The van der Waals surface area contributed by atoms with E-state index < -0.39 is 0 Å². The molecule has 1 aromatic heterocycles. The smallest absolute Gasteiger partial charge is 0.164 e. The molecular weight excluding hydrogens is 681 g/mol. The van der Waals surface area contributed by atoms with Gasteiger partial charge in [0, 0.05) is 39.4 Å². The van der Waals surface area contributed by atoms with E-state index in [-0.39, 0.29) is 5.41 Å². The molecule has 0 N–H and O–H groups in total. The normalized spacial score (nSPS) is 13.6. The molecule has 9 aromatic rings. The summed E-state index contributed by atoms with van der Waals surface area (Å²) in [7, 11) is 0. The second-order valence-corrected chi connectivity index (χ2v) is 15.3. The number of aromatic nitrogens is 3. The van der Waals surface area contributed by atoms with Gasteiger partial charge in [0.05, 0.1) is 5.69 Å². The summed E-state index contributed by atoms with van der Waals surface area (Å²) in [6, 6.07) is 60.3. The van der Waals surface area contributed by atoms with Crippen molar-refractivity contribution in [1.82, 2.24) is 15.0 Å². The van der Waals surface area contributed by atoms with Gasteiger partial charge in [-0.3, -0.25) is 0 Å². The highest BCUT2D eigenvalue weighted by molar-refractivity contribution is 6.11. The SMILES string of the molecule is CC1(C)c2cc(-c3cc(-c4nc(-c5ccccc5)nc(-c5ccccc5)n4)c4ccccc4c3)ccc2-c2cc3cccc4c3c(c21)N(c1ccccc1)C=C4. The number of hydrogen-bond acceptors (Lipinski definition) is 4. The number of anilines is 2. The molecule has 0 radical (unpaired) electrons. The van der Waals surface area contributed by atoms with Crippen molar-refractivity contribution in [2.45, 2.75) is 19.3 Å². The molecule has 0 amide bonds. The van der Waals surface area contributed by atoms with Crippen molar-refractivity contribution in [3.63, 3.8) is 0 Å². The first-order chi connectivity index (χ1) is 27.5. The molecule has 0 saturated heterocycles. The third-order valence-electron chi connectivity index (χ3n) is 11.6. The molecular formula is C52H36N4. The van der Waals surface area contributed by atoms with Gasteiger partial charge in [0.2, 0.25) is 0 Å².